The van der Waals surface area contributed by atoms with E-state index >= 15 is 0 Å². The second-order valence-electron chi connectivity index (χ2n) is 4.46. The summed E-state index contributed by atoms with van der Waals surface area (Å²) < 4.78 is 18.2. The summed E-state index contributed by atoms with van der Waals surface area (Å²) in [5.41, 5.74) is -0.313. The second-order valence-corrected chi connectivity index (χ2v) is 4.87. The van der Waals surface area contributed by atoms with Crippen molar-refractivity contribution in [2.24, 2.45) is 5.41 Å². The number of benzene rings is 1. The highest BCUT2D eigenvalue weighted by Crippen LogP contribution is 2.30. The van der Waals surface area contributed by atoms with Crippen LogP contribution in [0.1, 0.15) is 19.4 Å². The minimum Gasteiger partial charge on any atom is -0.494 e. The Bertz CT molecular complexity index is 444. The maximum atomic E-state index is 13.4. The fraction of sp³-hybridized carbons (Fsp3) is 0.417. The van der Waals surface area contributed by atoms with Gasteiger partial charge >= 0.3 is 5.97 Å². The van der Waals surface area contributed by atoms with Gasteiger partial charge in [0, 0.05) is 0 Å². The van der Waals surface area contributed by atoms with E-state index in [4.69, 9.17) is 21.4 Å². The van der Waals surface area contributed by atoms with Crippen molar-refractivity contribution in [3.63, 3.8) is 0 Å². The van der Waals surface area contributed by atoms with Crippen molar-refractivity contribution in [3.8, 4) is 5.75 Å². The van der Waals surface area contributed by atoms with Crippen LogP contribution in [0.5, 0.6) is 5.75 Å². The van der Waals surface area contributed by atoms with Gasteiger partial charge in [-0.25, -0.2) is 4.39 Å². The number of carboxylic acid groups (broad SMARTS) is 1. The van der Waals surface area contributed by atoms with E-state index in [9.17, 15) is 9.18 Å². The van der Waals surface area contributed by atoms with Crippen molar-refractivity contribution >= 4 is 17.6 Å². The molecule has 0 unspecified atom stereocenters. The van der Waals surface area contributed by atoms with Gasteiger partial charge in [-0.3, -0.25) is 4.79 Å². The summed E-state index contributed by atoms with van der Waals surface area (Å²) in [6, 6.07) is 2.88. The maximum Gasteiger partial charge on any atom is 0.309 e. The van der Waals surface area contributed by atoms with Gasteiger partial charge < -0.3 is 9.84 Å². The summed E-state index contributed by atoms with van der Waals surface area (Å²) in [5, 5.41) is 8.95. The molecule has 94 valence electrons. The number of aliphatic carboxylic acids is 1. The van der Waals surface area contributed by atoms with Gasteiger partial charge in [-0.05, 0) is 38.0 Å². The summed E-state index contributed by atoms with van der Waals surface area (Å²) >= 11 is 5.70. The predicted octanol–water partition coefficient (Wildman–Crippen LogP) is 3.14. The third-order valence-electron chi connectivity index (χ3n) is 2.50. The Balaban J connectivity index is 3.09. The molecular formula is C12H14ClFO3. The zero-order valence-corrected chi connectivity index (χ0v) is 10.6. The predicted molar refractivity (Wildman–Crippen MR) is 63.1 cm³/mol. The number of methoxy groups -OCH3 is 1. The molecule has 0 radical (unpaired) electrons. The van der Waals surface area contributed by atoms with Gasteiger partial charge in [0.15, 0.2) is 11.6 Å². The molecule has 0 atom stereocenters. The molecule has 3 nitrogen and oxygen atoms in total. The zero-order valence-electron chi connectivity index (χ0n) is 9.88. The van der Waals surface area contributed by atoms with Crippen LogP contribution < -0.4 is 4.74 Å². The second kappa shape index (κ2) is 4.92. The molecule has 0 amide bonds. The maximum absolute atomic E-state index is 13.4. The lowest BCUT2D eigenvalue weighted by Gasteiger charge is -2.19. The molecule has 0 spiro atoms. The Morgan fingerprint density at radius 2 is 2.12 bits per heavy atom. The van der Waals surface area contributed by atoms with Gasteiger partial charge in [0.05, 0.1) is 17.5 Å². The smallest absolute Gasteiger partial charge is 0.309 e. The van der Waals surface area contributed by atoms with Crippen molar-refractivity contribution in [2.45, 2.75) is 20.3 Å². The van der Waals surface area contributed by atoms with Gasteiger partial charge in [-0.1, -0.05) is 11.6 Å². The van der Waals surface area contributed by atoms with Crippen LogP contribution >= 0.6 is 11.6 Å². The van der Waals surface area contributed by atoms with Crippen LogP contribution in [0.4, 0.5) is 4.39 Å². The molecule has 1 aromatic carbocycles. The first kappa shape index (κ1) is 13.8. The van der Waals surface area contributed by atoms with Crippen LogP contribution in [0.2, 0.25) is 5.02 Å². The molecule has 0 aliphatic carbocycles. The Morgan fingerprint density at radius 1 is 1.53 bits per heavy atom. The Morgan fingerprint density at radius 3 is 2.59 bits per heavy atom. The van der Waals surface area contributed by atoms with Gasteiger partial charge in [0.25, 0.3) is 0 Å². The van der Waals surface area contributed by atoms with Crippen LogP contribution in [0.25, 0.3) is 0 Å². The normalized spacial score (nSPS) is 11.4. The van der Waals surface area contributed by atoms with E-state index in [1.54, 1.807) is 13.8 Å². The Labute approximate surface area is 104 Å². The van der Waals surface area contributed by atoms with Crippen molar-refractivity contribution in [1.82, 2.24) is 0 Å². The van der Waals surface area contributed by atoms with E-state index in [1.165, 1.54) is 19.2 Å². The third kappa shape index (κ3) is 3.09. The zero-order chi connectivity index (χ0) is 13.2. The monoisotopic (exact) mass is 260 g/mol. The number of ether oxygens (including phenoxy) is 1. The summed E-state index contributed by atoms with van der Waals surface area (Å²) in [4.78, 5) is 11.0. The summed E-state index contributed by atoms with van der Waals surface area (Å²) in [5.74, 6) is -1.53. The first-order valence-corrected chi connectivity index (χ1v) is 5.41. The molecule has 0 aliphatic rings. The van der Waals surface area contributed by atoms with Crippen LogP contribution in [0, 0.1) is 11.2 Å². The molecule has 1 rings (SSSR count). The summed E-state index contributed by atoms with van der Waals surface area (Å²) in [6.45, 7) is 3.19. The lowest BCUT2D eigenvalue weighted by atomic mass is 9.86. The minimum absolute atomic E-state index is 0.0219. The van der Waals surface area contributed by atoms with E-state index in [-0.39, 0.29) is 17.2 Å². The number of hydrogen-bond donors (Lipinski definition) is 1. The van der Waals surface area contributed by atoms with Gasteiger partial charge in [0.2, 0.25) is 0 Å². The van der Waals surface area contributed by atoms with Gasteiger partial charge in [-0.15, -0.1) is 0 Å². The Hall–Kier alpha value is -1.29. The lowest BCUT2D eigenvalue weighted by molar-refractivity contribution is -0.146. The molecule has 17 heavy (non-hydrogen) atoms. The Kier molecular flexibility index (Phi) is 3.98. The van der Waals surface area contributed by atoms with Crippen LogP contribution in [-0.2, 0) is 11.2 Å². The number of halogens is 2. The van der Waals surface area contributed by atoms with E-state index in [0.717, 1.165) is 0 Å². The van der Waals surface area contributed by atoms with Crippen molar-refractivity contribution in [1.29, 1.82) is 0 Å². The SMILES string of the molecule is COc1cc(CC(C)(C)C(=O)O)cc(Cl)c1F. The number of carbonyl (C=O) groups is 1. The molecule has 0 bridgehead atoms. The summed E-state index contributed by atoms with van der Waals surface area (Å²) in [6.07, 6.45) is 0.249. The van der Waals surface area contributed by atoms with Gasteiger partial charge in [0.1, 0.15) is 0 Å². The number of hydrogen-bond acceptors (Lipinski definition) is 2. The molecule has 1 N–H and O–H groups in total. The van der Waals surface area contributed by atoms with Crippen LogP contribution in [0.3, 0.4) is 0 Å². The first-order valence-electron chi connectivity index (χ1n) is 5.03. The molecule has 5 heteroatoms. The average molecular weight is 261 g/mol. The van der Waals surface area contributed by atoms with Crippen molar-refractivity contribution < 1.29 is 19.0 Å². The molecule has 0 aliphatic heterocycles. The van der Waals surface area contributed by atoms with E-state index < -0.39 is 17.2 Å². The third-order valence-corrected chi connectivity index (χ3v) is 2.77. The van der Waals surface area contributed by atoms with E-state index in [0.29, 0.717) is 5.56 Å². The summed E-state index contributed by atoms with van der Waals surface area (Å²) in [7, 11) is 1.33. The fourth-order valence-corrected chi connectivity index (χ4v) is 1.69. The molecule has 0 heterocycles. The van der Waals surface area contributed by atoms with E-state index in [1.807, 2.05) is 0 Å². The van der Waals surface area contributed by atoms with Crippen LogP contribution in [0.15, 0.2) is 12.1 Å². The molecule has 0 saturated carbocycles. The van der Waals surface area contributed by atoms with Crippen molar-refractivity contribution in [3.05, 3.63) is 28.5 Å². The van der Waals surface area contributed by atoms with Crippen LogP contribution in [-0.4, -0.2) is 18.2 Å². The molecule has 0 aromatic heterocycles. The highest BCUT2D eigenvalue weighted by Gasteiger charge is 2.28. The standard InChI is InChI=1S/C12H14ClFO3/c1-12(2,11(15)16)6-7-4-8(13)10(14)9(5-7)17-3/h4-5H,6H2,1-3H3,(H,15,16). The van der Waals surface area contributed by atoms with Crippen molar-refractivity contribution in [2.75, 3.05) is 7.11 Å². The highest BCUT2D eigenvalue weighted by atomic mass is 35.5. The van der Waals surface area contributed by atoms with Gasteiger partial charge in [-0.2, -0.15) is 0 Å². The average Bonchev–Trinajstić information content (AvgIpc) is 2.22. The highest BCUT2D eigenvalue weighted by molar-refractivity contribution is 6.31. The van der Waals surface area contributed by atoms with E-state index in [2.05, 4.69) is 0 Å². The largest absolute Gasteiger partial charge is 0.494 e. The topological polar surface area (TPSA) is 46.5 Å². The fourth-order valence-electron chi connectivity index (χ4n) is 1.45. The minimum atomic E-state index is -0.938. The molecular weight excluding hydrogens is 247 g/mol. The number of carboxylic acids is 1. The molecule has 0 fully saturated rings. The number of rotatable bonds is 4. The lowest BCUT2D eigenvalue weighted by Crippen LogP contribution is -2.26. The first-order chi connectivity index (χ1) is 7.77. The molecule has 1 aromatic rings. The molecule has 0 saturated heterocycles. The quantitative estimate of drug-likeness (QED) is 0.905.